The zero-order chi connectivity index (χ0) is 12.9. The van der Waals surface area contributed by atoms with Crippen molar-refractivity contribution in [3.05, 3.63) is 0 Å². The molecule has 4 unspecified atom stereocenters. The molecule has 0 heterocycles. The molecular weight excluding hydrogens is 252 g/mol. The van der Waals surface area contributed by atoms with Gasteiger partial charge in [0.2, 0.25) is 15.9 Å². The number of nitrogens with two attached hydrogens (primary N) is 1. The van der Waals surface area contributed by atoms with E-state index in [1.165, 1.54) is 19.3 Å². The summed E-state index contributed by atoms with van der Waals surface area (Å²) in [5.41, 5.74) is 0. The fraction of sp³-hybridized carbons (Fsp3) is 0.917. The summed E-state index contributed by atoms with van der Waals surface area (Å²) < 4.78 is 21.5. The number of hydrogen-bond acceptors (Lipinski definition) is 3. The highest BCUT2D eigenvalue weighted by Crippen LogP contribution is 2.69. The Labute approximate surface area is 108 Å². The largest absolute Gasteiger partial charge is 0.356 e. The minimum Gasteiger partial charge on any atom is -0.356 e. The highest BCUT2D eigenvalue weighted by Gasteiger charge is 2.67. The smallest absolute Gasteiger partial charge is 0.223 e. The van der Waals surface area contributed by atoms with Gasteiger partial charge in [0.1, 0.15) is 0 Å². The molecule has 3 rings (SSSR count). The van der Waals surface area contributed by atoms with Crippen molar-refractivity contribution >= 4 is 15.9 Å². The van der Waals surface area contributed by atoms with Crippen molar-refractivity contribution in [1.29, 1.82) is 0 Å². The Kier molecular flexibility index (Phi) is 2.90. The molecule has 0 aromatic rings. The molecule has 3 fully saturated rings. The summed E-state index contributed by atoms with van der Waals surface area (Å²) in [7, 11) is -3.40. The SMILES string of the molecule is NS(=O)(=O)CCCNC(=O)C1C2C3CCC(C3)C12. The Hall–Kier alpha value is -0.620. The zero-order valence-electron chi connectivity index (χ0n) is 10.3. The van der Waals surface area contributed by atoms with Gasteiger partial charge in [0.25, 0.3) is 0 Å². The highest BCUT2D eigenvalue weighted by molar-refractivity contribution is 7.89. The van der Waals surface area contributed by atoms with Gasteiger partial charge in [0.05, 0.1) is 5.75 Å². The lowest BCUT2D eigenvalue weighted by Gasteiger charge is -2.09. The van der Waals surface area contributed by atoms with Crippen molar-refractivity contribution in [3.8, 4) is 0 Å². The third-order valence-electron chi connectivity index (χ3n) is 4.94. The van der Waals surface area contributed by atoms with Crippen LogP contribution in [-0.2, 0) is 14.8 Å². The molecule has 3 aliphatic rings. The minimum absolute atomic E-state index is 0.0595. The van der Waals surface area contributed by atoms with Crippen LogP contribution in [0, 0.1) is 29.6 Å². The van der Waals surface area contributed by atoms with Crippen LogP contribution < -0.4 is 10.5 Å². The van der Waals surface area contributed by atoms with Crippen LogP contribution >= 0.6 is 0 Å². The van der Waals surface area contributed by atoms with Gasteiger partial charge in [-0.15, -0.1) is 0 Å². The van der Waals surface area contributed by atoms with E-state index in [1.807, 2.05) is 0 Å². The number of primary sulfonamides is 1. The molecule has 3 aliphatic carbocycles. The first-order valence-electron chi connectivity index (χ1n) is 6.75. The Bertz CT molecular complexity index is 446. The molecule has 3 N–H and O–H groups in total. The first-order chi connectivity index (χ1) is 8.47. The standard InChI is InChI=1S/C12H20N2O3S/c13-18(16,17)5-1-4-14-12(15)11-9-7-2-3-8(6-7)10(9)11/h7-11H,1-6H2,(H,14,15)(H2,13,16,17). The van der Waals surface area contributed by atoms with E-state index in [2.05, 4.69) is 5.32 Å². The van der Waals surface area contributed by atoms with Crippen molar-refractivity contribution in [2.24, 2.45) is 34.7 Å². The van der Waals surface area contributed by atoms with Crippen LogP contribution in [0.15, 0.2) is 0 Å². The number of nitrogens with one attached hydrogen (secondary N) is 1. The summed E-state index contributed by atoms with van der Waals surface area (Å²) in [4.78, 5) is 12.0. The highest BCUT2D eigenvalue weighted by atomic mass is 32.2. The van der Waals surface area contributed by atoms with Gasteiger partial charge < -0.3 is 5.32 Å². The lowest BCUT2D eigenvalue weighted by atomic mass is 10.0. The van der Waals surface area contributed by atoms with E-state index in [-0.39, 0.29) is 17.6 Å². The van der Waals surface area contributed by atoms with Gasteiger partial charge >= 0.3 is 0 Å². The van der Waals surface area contributed by atoms with Crippen molar-refractivity contribution in [2.75, 3.05) is 12.3 Å². The van der Waals surface area contributed by atoms with Crippen molar-refractivity contribution in [2.45, 2.75) is 25.7 Å². The van der Waals surface area contributed by atoms with E-state index < -0.39 is 10.0 Å². The van der Waals surface area contributed by atoms with E-state index in [0.29, 0.717) is 24.8 Å². The number of sulfonamides is 1. The van der Waals surface area contributed by atoms with Crippen molar-refractivity contribution in [1.82, 2.24) is 5.32 Å². The number of rotatable bonds is 5. The van der Waals surface area contributed by atoms with Crippen LogP contribution in [0.2, 0.25) is 0 Å². The molecule has 1 amide bonds. The lowest BCUT2D eigenvalue weighted by Crippen LogP contribution is -2.30. The number of carbonyl (C=O) groups excluding carboxylic acids is 1. The maximum Gasteiger partial charge on any atom is 0.223 e. The average molecular weight is 272 g/mol. The summed E-state index contributed by atoms with van der Waals surface area (Å²) >= 11 is 0. The molecular formula is C12H20N2O3S. The molecule has 0 aromatic carbocycles. The minimum atomic E-state index is -3.40. The van der Waals surface area contributed by atoms with Crippen LogP contribution in [-0.4, -0.2) is 26.6 Å². The van der Waals surface area contributed by atoms with E-state index in [9.17, 15) is 13.2 Å². The first kappa shape index (κ1) is 12.4. The number of fused-ring (bicyclic) bond motifs is 5. The quantitative estimate of drug-likeness (QED) is 0.694. The molecule has 3 saturated carbocycles. The van der Waals surface area contributed by atoms with Gasteiger partial charge in [-0.3, -0.25) is 4.79 Å². The van der Waals surface area contributed by atoms with Gasteiger partial charge in [0, 0.05) is 12.5 Å². The molecule has 4 atom stereocenters. The Morgan fingerprint density at radius 1 is 1.22 bits per heavy atom. The fourth-order valence-corrected chi connectivity index (χ4v) is 4.83. The van der Waals surface area contributed by atoms with Crippen LogP contribution in [0.5, 0.6) is 0 Å². The van der Waals surface area contributed by atoms with E-state index in [0.717, 1.165) is 11.8 Å². The molecule has 6 heteroatoms. The Morgan fingerprint density at radius 2 is 1.83 bits per heavy atom. The molecule has 0 aromatic heterocycles. The van der Waals surface area contributed by atoms with Crippen molar-refractivity contribution in [3.63, 3.8) is 0 Å². The average Bonchev–Trinajstić information content (AvgIpc) is 2.72. The second-order valence-electron chi connectivity index (χ2n) is 6.03. The van der Waals surface area contributed by atoms with Gasteiger partial charge in [-0.1, -0.05) is 0 Å². The molecule has 102 valence electrons. The predicted octanol–water partition coefficient (Wildman–Crippen LogP) is 0.0733. The topological polar surface area (TPSA) is 89.3 Å². The fourth-order valence-electron chi connectivity index (χ4n) is 4.28. The third-order valence-corrected chi connectivity index (χ3v) is 5.80. The van der Waals surface area contributed by atoms with Gasteiger partial charge in [-0.25, -0.2) is 13.6 Å². The van der Waals surface area contributed by atoms with Crippen LogP contribution in [0.1, 0.15) is 25.7 Å². The summed E-state index contributed by atoms with van der Waals surface area (Å²) in [6.07, 6.45) is 4.35. The maximum absolute atomic E-state index is 12.0. The molecule has 0 saturated heterocycles. The molecule has 0 aliphatic heterocycles. The lowest BCUT2D eigenvalue weighted by molar-refractivity contribution is -0.123. The van der Waals surface area contributed by atoms with Crippen LogP contribution in [0.4, 0.5) is 0 Å². The summed E-state index contributed by atoms with van der Waals surface area (Å²) in [5.74, 6) is 3.17. The Balaban J connectivity index is 1.42. The summed E-state index contributed by atoms with van der Waals surface area (Å²) in [5, 5.41) is 7.76. The number of hydrogen-bond donors (Lipinski definition) is 2. The normalized spacial score (nSPS) is 40.6. The summed E-state index contributed by atoms with van der Waals surface area (Å²) in [6, 6.07) is 0. The number of amides is 1. The molecule has 0 spiro atoms. The number of carbonyl (C=O) groups is 1. The van der Waals surface area contributed by atoms with Crippen molar-refractivity contribution < 1.29 is 13.2 Å². The monoisotopic (exact) mass is 272 g/mol. The Morgan fingerprint density at radius 3 is 2.39 bits per heavy atom. The third kappa shape index (κ3) is 2.16. The van der Waals surface area contributed by atoms with E-state index in [1.54, 1.807) is 0 Å². The second-order valence-corrected chi connectivity index (χ2v) is 7.76. The van der Waals surface area contributed by atoms with Gasteiger partial charge in [-0.05, 0) is 49.4 Å². The van der Waals surface area contributed by atoms with Crippen LogP contribution in [0.3, 0.4) is 0 Å². The first-order valence-corrected chi connectivity index (χ1v) is 8.47. The van der Waals surface area contributed by atoms with E-state index >= 15 is 0 Å². The molecule has 0 radical (unpaired) electrons. The zero-order valence-corrected chi connectivity index (χ0v) is 11.2. The van der Waals surface area contributed by atoms with Gasteiger partial charge in [0.15, 0.2) is 0 Å². The van der Waals surface area contributed by atoms with Gasteiger partial charge in [-0.2, -0.15) is 0 Å². The summed E-state index contributed by atoms with van der Waals surface area (Å²) in [6.45, 7) is 0.417. The molecule has 18 heavy (non-hydrogen) atoms. The molecule has 2 bridgehead atoms. The van der Waals surface area contributed by atoms with E-state index in [4.69, 9.17) is 5.14 Å². The molecule has 5 nitrogen and oxygen atoms in total. The predicted molar refractivity (Wildman–Crippen MR) is 66.9 cm³/mol. The maximum atomic E-state index is 12.0. The second kappa shape index (κ2) is 4.20. The van der Waals surface area contributed by atoms with Crippen LogP contribution in [0.25, 0.3) is 0 Å².